The molecule has 0 bridgehead atoms. The third kappa shape index (κ3) is 3.28. The molecule has 4 nitrogen and oxygen atoms in total. The molecule has 19 heavy (non-hydrogen) atoms. The fourth-order valence-corrected chi connectivity index (χ4v) is 3.04. The van der Waals surface area contributed by atoms with E-state index in [0.717, 1.165) is 36.2 Å². The summed E-state index contributed by atoms with van der Waals surface area (Å²) < 4.78 is 1.01. The number of nitrogens with zero attached hydrogens (tertiary/aromatic N) is 2. The van der Waals surface area contributed by atoms with Gasteiger partial charge >= 0.3 is 0 Å². The number of hydrogen-bond donors (Lipinski definition) is 2. The average molecular weight is 325 g/mol. The van der Waals surface area contributed by atoms with Crippen molar-refractivity contribution in [1.82, 2.24) is 4.90 Å². The van der Waals surface area contributed by atoms with Crippen molar-refractivity contribution in [3.63, 3.8) is 0 Å². The van der Waals surface area contributed by atoms with Crippen molar-refractivity contribution in [2.24, 2.45) is 5.73 Å². The highest BCUT2D eigenvalue weighted by Crippen LogP contribution is 2.28. The predicted molar refractivity (Wildman–Crippen MR) is 84.1 cm³/mol. The zero-order valence-electron chi connectivity index (χ0n) is 11.5. The van der Waals surface area contributed by atoms with Gasteiger partial charge < -0.3 is 10.6 Å². The van der Waals surface area contributed by atoms with Gasteiger partial charge in [0.1, 0.15) is 5.84 Å². The number of benzene rings is 1. The van der Waals surface area contributed by atoms with Crippen LogP contribution in [0.15, 0.2) is 22.7 Å². The van der Waals surface area contributed by atoms with Gasteiger partial charge in [-0.2, -0.15) is 0 Å². The number of anilines is 1. The quantitative estimate of drug-likeness (QED) is 0.662. The van der Waals surface area contributed by atoms with E-state index in [2.05, 4.69) is 39.6 Å². The third-order valence-electron chi connectivity index (χ3n) is 3.64. The first-order valence-corrected chi connectivity index (χ1v) is 7.41. The number of hydrogen-bond acceptors (Lipinski definition) is 3. The zero-order chi connectivity index (χ0) is 14.0. The predicted octanol–water partition coefficient (Wildman–Crippen LogP) is 2.26. The number of nitrogen functional groups attached to an aromatic ring is 1. The van der Waals surface area contributed by atoms with Crippen LogP contribution in [-0.4, -0.2) is 43.0 Å². The van der Waals surface area contributed by atoms with Gasteiger partial charge in [-0.05, 0) is 48.0 Å². The Morgan fingerprint density at radius 2 is 1.89 bits per heavy atom. The normalized spacial score (nSPS) is 16.9. The van der Waals surface area contributed by atoms with Crippen LogP contribution < -0.4 is 10.6 Å². The molecule has 0 saturated carbocycles. The van der Waals surface area contributed by atoms with Crippen LogP contribution in [-0.2, 0) is 0 Å². The van der Waals surface area contributed by atoms with E-state index in [4.69, 9.17) is 11.1 Å². The Morgan fingerprint density at radius 3 is 2.37 bits per heavy atom. The monoisotopic (exact) mass is 324 g/mol. The molecule has 1 aliphatic heterocycles. The molecule has 1 saturated heterocycles. The van der Waals surface area contributed by atoms with Crippen LogP contribution in [0.4, 0.5) is 5.69 Å². The van der Waals surface area contributed by atoms with Gasteiger partial charge in [-0.1, -0.05) is 0 Å². The van der Waals surface area contributed by atoms with Crippen LogP contribution in [0.25, 0.3) is 0 Å². The van der Waals surface area contributed by atoms with Crippen molar-refractivity contribution in [3.8, 4) is 0 Å². The molecule has 1 heterocycles. The molecule has 5 heteroatoms. The molecule has 3 N–H and O–H groups in total. The summed E-state index contributed by atoms with van der Waals surface area (Å²) in [6.07, 6.45) is 0. The van der Waals surface area contributed by atoms with Crippen LogP contribution in [0.3, 0.4) is 0 Å². The summed E-state index contributed by atoms with van der Waals surface area (Å²) in [5.74, 6) is 0.108. The Morgan fingerprint density at radius 1 is 1.26 bits per heavy atom. The highest BCUT2D eigenvalue weighted by Gasteiger charge is 2.20. The summed E-state index contributed by atoms with van der Waals surface area (Å²) >= 11 is 3.59. The summed E-state index contributed by atoms with van der Waals surface area (Å²) in [6.45, 7) is 8.75. The Bertz CT molecular complexity index is 465. The van der Waals surface area contributed by atoms with Gasteiger partial charge in [0.25, 0.3) is 0 Å². The average Bonchev–Trinajstić information content (AvgIpc) is 2.38. The number of nitrogens with one attached hydrogen (secondary N) is 1. The minimum Gasteiger partial charge on any atom is -0.384 e. The first kappa shape index (κ1) is 14.3. The minimum atomic E-state index is 0.108. The molecule has 0 amide bonds. The van der Waals surface area contributed by atoms with E-state index in [1.807, 2.05) is 18.2 Å². The molecule has 2 rings (SSSR count). The minimum absolute atomic E-state index is 0.108. The van der Waals surface area contributed by atoms with Crippen LogP contribution in [0.5, 0.6) is 0 Å². The van der Waals surface area contributed by atoms with Crippen molar-refractivity contribution in [3.05, 3.63) is 28.2 Å². The summed E-state index contributed by atoms with van der Waals surface area (Å²) in [5.41, 5.74) is 7.45. The largest absolute Gasteiger partial charge is 0.384 e. The maximum atomic E-state index is 7.46. The molecule has 0 spiro atoms. The van der Waals surface area contributed by atoms with E-state index >= 15 is 0 Å². The van der Waals surface area contributed by atoms with Crippen molar-refractivity contribution in [2.45, 2.75) is 19.9 Å². The van der Waals surface area contributed by atoms with Gasteiger partial charge in [0, 0.05) is 42.3 Å². The standard InChI is InChI=1S/C14H21BrN4/c1-10(2)18-5-7-19(8-6-18)13-4-3-11(14(16)17)9-12(13)15/h3-4,9-10H,5-8H2,1-2H3,(H3,16,17). The lowest BCUT2D eigenvalue weighted by molar-refractivity contribution is 0.209. The van der Waals surface area contributed by atoms with E-state index in [1.54, 1.807) is 0 Å². The van der Waals surface area contributed by atoms with Crippen LogP contribution >= 0.6 is 15.9 Å². The SMILES string of the molecule is CC(C)N1CCN(c2ccc(C(=N)N)cc2Br)CC1. The molecular formula is C14H21BrN4. The Balaban J connectivity index is 2.09. The fraction of sp³-hybridized carbons (Fsp3) is 0.500. The van der Waals surface area contributed by atoms with Crippen LogP contribution in [0.2, 0.25) is 0 Å². The second-order valence-electron chi connectivity index (χ2n) is 5.20. The maximum Gasteiger partial charge on any atom is 0.122 e. The van der Waals surface area contributed by atoms with Gasteiger partial charge in [-0.3, -0.25) is 10.3 Å². The Kier molecular flexibility index (Phi) is 4.47. The smallest absolute Gasteiger partial charge is 0.122 e. The van der Waals surface area contributed by atoms with Crippen LogP contribution in [0.1, 0.15) is 19.4 Å². The summed E-state index contributed by atoms with van der Waals surface area (Å²) in [6, 6.07) is 6.50. The van der Waals surface area contributed by atoms with E-state index in [-0.39, 0.29) is 5.84 Å². The molecular weight excluding hydrogens is 304 g/mol. The molecule has 1 aromatic rings. The van der Waals surface area contributed by atoms with E-state index in [1.165, 1.54) is 5.69 Å². The maximum absolute atomic E-state index is 7.46. The summed E-state index contributed by atoms with van der Waals surface area (Å²) in [4.78, 5) is 4.88. The lowest BCUT2D eigenvalue weighted by Gasteiger charge is -2.38. The number of halogens is 1. The van der Waals surface area contributed by atoms with Gasteiger partial charge in [0.05, 0.1) is 5.69 Å². The second-order valence-corrected chi connectivity index (χ2v) is 6.05. The highest BCUT2D eigenvalue weighted by molar-refractivity contribution is 9.10. The molecule has 1 aliphatic rings. The Labute approximate surface area is 123 Å². The molecule has 0 aromatic heterocycles. The van der Waals surface area contributed by atoms with Gasteiger partial charge in [-0.15, -0.1) is 0 Å². The molecule has 0 radical (unpaired) electrons. The van der Waals surface area contributed by atoms with Gasteiger partial charge in [0.2, 0.25) is 0 Å². The van der Waals surface area contributed by atoms with Gasteiger partial charge in [0.15, 0.2) is 0 Å². The molecule has 1 fully saturated rings. The number of piperazine rings is 1. The molecule has 104 valence electrons. The fourth-order valence-electron chi connectivity index (χ4n) is 2.41. The number of nitrogens with two attached hydrogens (primary N) is 1. The summed E-state index contributed by atoms with van der Waals surface area (Å²) in [7, 11) is 0. The first-order valence-electron chi connectivity index (χ1n) is 6.62. The lowest BCUT2D eigenvalue weighted by Crippen LogP contribution is -2.49. The lowest BCUT2D eigenvalue weighted by atomic mass is 10.1. The molecule has 0 atom stereocenters. The number of amidine groups is 1. The highest BCUT2D eigenvalue weighted by atomic mass is 79.9. The summed E-state index contributed by atoms with van der Waals surface area (Å²) in [5, 5.41) is 7.46. The third-order valence-corrected chi connectivity index (χ3v) is 4.28. The first-order chi connectivity index (χ1) is 8.99. The van der Waals surface area contributed by atoms with Crippen molar-refractivity contribution < 1.29 is 0 Å². The molecule has 0 unspecified atom stereocenters. The van der Waals surface area contributed by atoms with E-state index in [9.17, 15) is 0 Å². The zero-order valence-corrected chi connectivity index (χ0v) is 13.1. The topological polar surface area (TPSA) is 56.4 Å². The van der Waals surface area contributed by atoms with E-state index < -0.39 is 0 Å². The van der Waals surface area contributed by atoms with Crippen molar-refractivity contribution in [2.75, 3.05) is 31.1 Å². The second kappa shape index (κ2) is 5.92. The molecule has 0 aliphatic carbocycles. The van der Waals surface area contributed by atoms with Crippen molar-refractivity contribution in [1.29, 1.82) is 5.41 Å². The Hall–Kier alpha value is -1.07. The van der Waals surface area contributed by atoms with E-state index in [0.29, 0.717) is 6.04 Å². The van der Waals surface area contributed by atoms with Gasteiger partial charge in [-0.25, -0.2) is 0 Å². The molecule has 1 aromatic carbocycles. The van der Waals surface area contributed by atoms with Crippen molar-refractivity contribution >= 4 is 27.5 Å². The number of rotatable bonds is 3. The van der Waals surface area contributed by atoms with Crippen LogP contribution in [0, 0.1) is 5.41 Å².